The van der Waals surface area contributed by atoms with Crippen molar-refractivity contribution >= 4 is 46.4 Å². The van der Waals surface area contributed by atoms with Gasteiger partial charge in [0.05, 0.1) is 17.5 Å². The fourth-order valence-electron chi connectivity index (χ4n) is 6.60. The van der Waals surface area contributed by atoms with E-state index in [1.165, 1.54) is 12.7 Å². The number of rotatable bonds is 10. The first-order valence-corrected chi connectivity index (χ1v) is 17.0. The molecular formula is C34H47ClN8O4. The molecule has 1 aromatic carbocycles. The minimum atomic E-state index is -1.25. The van der Waals surface area contributed by atoms with E-state index in [2.05, 4.69) is 35.8 Å². The van der Waals surface area contributed by atoms with E-state index >= 15 is 0 Å². The van der Waals surface area contributed by atoms with Gasteiger partial charge in [-0.1, -0.05) is 43.0 Å². The van der Waals surface area contributed by atoms with Crippen LogP contribution in [0, 0.1) is 5.92 Å². The molecule has 254 valence electrons. The number of carbonyl (C=O) groups excluding carboxylic acids is 3. The summed E-state index contributed by atoms with van der Waals surface area (Å²) in [7, 11) is 0. The Balaban J connectivity index is 1.32. The number of ether oxygens (including phenoxy) is 1. The number of hydrogen-bond donors (Lipinski definition) is 5. The highest BCUT2D eigenvalue weighted by Crippen LogP contribution is 2.31. The fraction of sp³-hybridized carbons (Fsp3) is 0.559. The molecule has 2 atom stereocenters. The fourth-order valence-corrected chi connectivity index (χ4v) is 6.72. The van der Waals surface area contributed by atoms with E-state index in [1.54, 1.807) is 32.9 Å². The van der Waals surface area contributed by atoms with Gasteiger partial charge in [0.25, 0.3) is 0 Å². The summed E-state index contributed by atoms with van der Waals surface area (Å²) in [5.41, 5.74) is 5.90. The van der Waals surface area contributed by atoms with Crippen molar-refractivity contribution in [3.63, 3.8) is 0 Å². The van der Waals surface area contributed by atoms with E-state index < -0.39 is 29.3 Å². The standard InChI is InChI=1S/C34H47ClN8O4/c1-33(2,3)47-32(46)42-34(15-19-43(20-16-34)29-25-13-17-37-28(25)39-21-40-29)31(45)41-26(22-9-11-24(35)12-10-22)14-18-38-30(44)27(36)23-7-5-4-6-8-23/h9-13,17,21,23,26-27H,4-8,14-16,18-20,36H2,1-3H3,(H,38,44)(H,41,45)(H,42,46)(H,37,39,40)/t26-,27+/m0/s1. The lowest BCUT2D eigenvalue weighted by atomic mass is 9.84. The maximum atomic E-state index is 14.3. The average molecular weight is 667 g/mol. The van der Waals surface area contributed by atoms with Crippen LogP contribution in [0.2, 0.25) is 5.02 Å². The Bertz CT molecular complexity index is 1520. The van der Waals surface area contributed by atoms with Crippen LogP contribution in [0.15, 0.2) is 42.9 Å². The summed E-state index contributed by atoms with van der Waals surface area (Å²) in [6.07, 6.45) is 9.03. The van der Waals surface area contributed by atoms with E-state index in [-0.39, 0.29) is 17.7 Å². The lowest BCUT2D eigenvalue weighted by molar-refractivity contribution is -0.129. The number of amides is 3. The molecule has 6 N–H and O–H groups in total. The van der Waals surface area contributed by atoms with E-state index in [4.69, 9.17) is 22.1 Å². The Labute approximate surface area is 280 Å². The average Bonchev–Trinajstić information content (AvgIpc) is 3.53. The van der Waals surface area contributed by atoms with E-state index in [0.717, 1.165) is 48.1 Å². The molecule has 47 heavy (non-hydrogen) atoms. The third kappa shape index (κ3) is 8.72. The molecule has 0 unspecified atom stereocenters. The Kier molecular flexibility index (Phi) is 10.9. The molecule has 1 aliphatic heterocycles. The highest BCUT2D eigenvalue weighted by atomic mass is 35.5. The second-order valence-corrected chi connectivity index (χ2v) is 14.2. The first kappa shape index (κ1) is 34.4. The van der Waals surface area contributed by atoms with Crippen molar-refractivity contribution in [3.05, 3.63) is 53.4 Å². The van der Waals surface area contributed by atoms with Crippen LogP contribution in [0.4, 0.5) is 10.6 Å². The van der Waals surface area contributed by atoms with Crippen molar-refractivity contribution in [1.29, 1.82) is 0 Å². The molecule has 2 fully saturated rings. The molecule has 13 heteroatoms. The number of alkyl carbamates (subject to hydrolysis) is 1. The number of piperidine rings is 1. The van der Waals surface area contributed by atoms with Crippen molar-refractivity contribution in [2.75, 3.05) is 24.5 Å². The number of nitrogens with two attached hydrogens (primary N) is 1. The summed E-state index contributed by atoms with van der Waals surface area (Å²) >= 11 is 6.19. The zero-order valence-corrected chi connectivity index (χ0v) is 28.2. The van der Waals surface area contributed by atoms with E-state index in [9.17, 15) is 14.4 Å². The molecule has 1 saturated heterocycles. The maximum Gasteiger partial charge on any atom is 0.408 e. The van der Waals surface area contributed by atoms with Crippen molar-refractivity contribution < 1.29 is 19.1 Å². The van der Waals surface area contributed by atoms with Crippen LogP contribution in [0.1, 0.15) is 83.7 Å². The summed E-state index contributed by atoms with van der Waals surface area (Å²) in [6, 6.07) is 8.16. The first-order chi connectivity index (χ1) is 22.4. The summed E-state index contributed by atoms with van der Waals surface area (Å²) < 4.78 is 5.60. The van der Waals surface area contributed by atoms with Gasteiger partial charge < -0.3 is 36.3 Å². The van der Waals surface area contributed by atoms with Gasteiger partial charge >= 0.3 is 6.09 Å². The summed E-state index contributed by atoms with van der Waals surface area (Å²) in [6.45, 7) is 6.58. The van der Waals surface area contributed by atoms with Gasteiger partial charge in [-0.2, -0.15) is 0 Å². The summed E-state index contributed by atoms with van der Waals surface area (Å²) in [4.78, 5) is 54.4. The highest BCUT2D eigenvalue weighted by molar-refractivity contribution is 6.30. The van der Waals surface area contributed by atoms with Gasteiger partial charge in [0.2, 0.25) is 11.8 Å². The SMILES string of the molecule is CC(C)(C)OC(=O)NC1(C(=O)N[C@@H](CCNC(=O)[C@H](N)C2CCCCC2)c2ccc(Cl)cc2)CCN(c2ncnc3[nH]ccc23)CC1. The van der Waals surface area contributed by atoms with Crippen molar-refractivity contribution in [2.24, 2.45) is 11.7 Å². The number of hydrogen-bond acceptors (Lipinski definition) is 8. The van der Waals surface area contributed by atoms with E-state index in [1.807, 2.05) is 24.4 Å². The molecule has 2 aliphatic rings. The lowest BCUT2D eigenvalue weighted by Gasteiger charge is -2.42. The second-order valence-electron chi connectivity index (χ2n) is 13.7. The van der Waals surface area contributed by atoms with Crippen molar-refractivity contribution in [3.8, 4) is 0 Å². The van der Waals surface area contributed by atoms with Crippen LogP contribution in [-0.2, 0) is 14.3 Å². The molecule has 1 saturated carbocycles. The number of aromatic nitrogens is 3. The van der Waals surface area contributed by atoms with Crippen LogP contribution in [0.3, 0.4) is 0 Å². The number of H-pyrrole nitrogens is 1. The molecule has 1 aliphatic carbocycles. The van der Waals surface area contributed by atoms with Crippen LogP contribution in [0.25, 0.3) is 11.0 Å². The lowest BCUT2D eigenvalue weighted by Crippen LogP contribution is -2.64. The smallest absolute Gasteiger partial charge is 0.408 e. The number of halogens is 1. The van der Waals surface area contributed by atoms with Crippen LogP contribution in [0.5, 0.6) is 0 Å². The normalized spacial score (nSPS) is 18.3. The minimum absolute atomic E-state index is 0.172. The van der Waals surface area contributed by atoms with Crippen molar-refractivity contribution in [2.45, 2.75) is 95.4 Å². The number of benzene rings is 1. The van der Waals surface area contributed by atoms with Gasteiger partial charge in [-0.15, -0.1) is 0 Å². The quantitative estimate of drug-likeness (QED) is 0.207. The highest BCUT2D eigenvalue weighted by Gasteiger charge is 2.45. The molecule has 0 bridgehead atoms. The Hall–Kier alpha value is -3.90. The van der Waals surface area contributed by atoms with Gasteiger partial charge in [0.1, 0.15) is 28.9 Å². The third-order valence-electron chi connectivity index (χ3n) is 9.19. The van der Waals surface area contributed by atoms with Crippen LogP contribution < -0.4 is 26.6 Å². The largest absolute Gasteiger partial charge is 0.444 e. The Morgan fingerprint density at radius 1 is 1.09 bits per heavy atom. The Morgan fingerprint density at radius 2 is 1.79 bits per heavy atom. The van der Waals surface area contributed by atoms with Gasteiger partial charge in [-0.25, -0.2) is 14.8 Å². The Morgan fingerprint density at radius 3 is 2.47 bits per heavy atom. The zero-order valence-electron chi connectivity index (χ0n) is 27.5. The maximum absolute atomic E-state index is 14.3. The molecule has 12 nitrogen and oxygen atoms in total. The number of nitrogens with zero attached hydrogens (tertiary/aromatic N) is 3. The van der Waals surface area contributed by atoms with Crippen molar-refractivity contribution in [1.82, 2.24) is 30.9 Å². The third-order valence-corrected chi connectivity index (χ3v) is 9.45. The number of carbonyl (C=O) groups is 3. The number of anilines is 1. The number of fused-ring (bicyclic) bond motifs is 1. The second kappa shape index (κ2) is 14.9. The molecule has 5 rings (SSSR count). The number of nitrogens with one attached hydrogen (secondary N) is 4. The molecule has 2 aromatic heterocycles. The topological polar surface area (TPSA) is 167 Å². The monoisotopic (exact) mass is 666 g/mol. The van der Waals surface area contributed by atoms with Gasteiger partial charge in [0, 0.05) is 30.9 Å². The van der Waals surface area contributed by atoms with Gasteiger partial charge in [-0.05, 0) is 82.6 Å². The molecule has 3 aromatic rings. The first-order valence-electron chi connectivity index (χ1n) is 16.6. The summed E-state index contributed by atoms with van der Waals surface area (Å²) in [5.74, 6) is 0.456. The molecule has 3 amide bonds. The predicted molar refractivity (Wildman–Crippen MR) is 182 cm³/mol. The van der Waals surface area contributed by atoms with E-state index in [0.29, 0.717) is 43.9 Å². The van der Waals surface area contributed by atoms with Gasteiger partial charge in [0.15, 0.2) is 0 Å². The summed E-state index contributed by atoms with van der Waals surface area (Å²) in [5, 5.41) is 10.6. The molecule has 0 spiro atoms. The number of aromatic amines is 1. The zero-order chi connectivity index (χ0) is 33.6. The molecular weight excluding hydrogens is 620 g/mol. The van der Waals surface area contributed by atoms with Crippen LogP contribution >= 0.6 is 11.6 Å². The minimum Gasteiger partial charge on any atom is -0.444 e. The van der Waals surface area contributed by atoms with Crippen LogP contribution in [-0.4, -0.2) is 69.7 Å². The van der Waals surface area contributed by atoms with Gasteiger partial charge in [-0.3, -0.25) is 9.59 Å². The molecule has 0 radical (unpaired) electrons. The molecule has 3 heterocycles. The predicted octanol–water partition coefficient (Wildman–Crippen LogP) is 4.75.